The maximum atomic E-state index is 13.2. The van der Waals surface area contributed by atoms with Gasteiger partial charge in [0, 0.05) is 17.7 Å². The third-order valence-corrected chi connectivity index (χ3v) is 3.78. The molecular formula is C20H16F2NO+. The molecule has 1 aromatic heterocycles. The summed E-state index contributed by atoms with van der Waals surface area (Å²) in [6, 6.07) is 17.2. The van der Waals surface area contributed by atoms with Gasteiger partial charge >= 0.3 is 0 Å². The first-order valence-corrected chi connectivity index (χ1v) is 7.62. The number of carbonyl (C=O) groups excluding carboxylic acids is 1. The van der Waals surface area contributed by atoms with Gasteiger partial charge in [-0.3, -0.25) is 4.79 Å². The fourth-order valence-electron chi connectivity index (χ4n) is 2.47. The second-order valence-electron chi connectivity index (χ2n) is 5.59. The largest absolute Gasteiger partial charge is 0.287 e. The van der Waals surface area contributed by atoms with E-state index >= 15 is 0 Å². The zero-order valence-electron chi connectivity index (χ0n) is 13.0. The minimum atomic E-state index is -1.01. The molecule has 0 aliphatic carbocycles. The van der Waals surface area contributed by atoms with E-state index in [1.165, 1.54) is 11.6 Å². The van der Waals surface area contributed by atoms with Gasteiger partial charge in [0.2, 0.25) is 12.3 Å². The van der Waals surface area contributed by atoms with Crippen LogP contribution < -0.4 is 4.57 Å². The van der Waals surface area contributed by atoms with Crippen LogP contribution in [0.2, 0.25) is 0 Å². The van der Waals surface area contributed by atoms with Gasteiger partial charge in [-0.15, -0.1) is 0 Å². The van der Waals surface area contributed by atoms with Crippen molar-refractivity contribution < 1.29 is 18.1 Å². The molecule has 0 aliphatic heterocycles. The molecule has 0 N–H and O–H groups in total. The number of pyridine rings is 1. The summed E-state index contributed by atoms with van der Waals surface area (Å²) in [6.45, 7) is 0.0800. The first-order valence-electron chi connectivity index (χ1n) is 7.62. The molecule has 0 amide bonds. The smallest absolute Gasteiger partial charge is 0.227 e. The van der Waals surface area contributed by atoms with E-state index in [2.05, 4.69) is 12.1 Å². The Labute approximate surface area is 139 Å². The Balaban J connectivity index is 1.67. The van der Waals surface area contributed by atoms with Crippen LogP contribution >= 0.6 is 0 Å². The Morgan fingerprint density at radius 1 is 0.833 bits per heavy atom. The highest BCUT2D eigenvalue weighted by molar-refractivity contribution is 5.95. The van der Waals surface area contributed by atoms with Gasteiger partial charge in [-0.1, -0.05) is 30.3 Å². The van der Waals surface area contributed by atoms with E-state index in [9.17, 15) is 13.6 Å². The monoisotopic (exact) mass is 324 g/mol. The van der Waals surface area contributed by atoms with Crippen molar-refractivity contribution in [3.63, 3.8) is 0 Å². The van der Waals surface area contributed by atoms with Crippen molar-refractivity contribution in [1.82, 2.24) is 0 Å². The lowest BCUT2D eigenvalue weighted by Crippen LogP contribution is -2.37. The van der Waals surface area contributed by atoms with Crippen molar-refractivity contribution in [2.75, 3.05) is 0 Å². The Kier molecular flexibility index (Phi) is 4.75. The predicted octanol–water partition coefficient (Wildman–Crippen LogP) is 3.73. The van der Waals surface area contributed by atoms with Crippen LogP contribution in [0.25, 0.3) is 0 Å². The van der Waals surface area contributed by atoms with Crippen molar-refractivity contribution in [1.29, 1.82) is 0 Å². The summed E-state index contributed by atoms with van der Waals surface area (Å²) in [6.07, 6.45) is 4.45. The molecule has 2 nitrogen and oxygen atoms in total. The summed E-state index contributed by atoms with van der Waals surface area (Å²) >= 11 is 0. The molecule has 120 valence electrons. The summed E-state index contributed by atoms with van der Waals surface area (Å²) in [4.78, 5) is 12.1. The third-order valence-electron chi connectivity index (χ3n) is 3.78. The van der Waals surface area contributed by atoms with E-state index in [0.717, 1.165) is 24.1 Å². The molecule has 0 fully saturated rings. The van der Waals surface area contributed by atoms with Crippen molar-refractivity contribution >= 4 is 5.78 Å². The second-order valence-corrected chi connectivity index (χ2v) is 5.59. The van der Waals surface area contributed by atoms with Gasteiger partial charge < -0.3 is 0 Å². The van der Waals surface area contributed by atoms with E-state index in [0.29, 0.717) is 0 Å². The molecule has 24 heavy (non-hydrogen) atoms. The Hall–Kier alpha value is -2.88. The summed E-state index contributed by atoms with van der Waals surface area (Å²) in [5.74, 6) is -2.23. The Bertz CT molecular complexity index is 845. The average molecular weight is 324 g/mol. The van der Waals surface area contributed by atoms with Crippen molar-refractivity contribution in [3.8, 4) is 0 Å². The zero-order valence-corrected chi connectivity index (χ0v) is 13.0. The van der Waals surface area contributed by atoms with Crippen LogP contribution in [0.4, 0.5) is 8.78 Å². The molecule has 0 spiro atoms. The lowest BCUT2D eigenvalue weighted by molar-refractivity contribution is -0.683. The number of benzene rings is 2. The van der Waals surface area contributed by atoms with E-state index in [1.807, 2.05) is 42.7 Å². The summed E-state index contributed by atoms with van der Waals surface area (Å²) in [5.41, 5.74) is 2.51. The second kappa shape index (κ2) is 7.13. The SMILES string of the molecule is O=C(C[n+]1ccc(Cc2ccccc2)cc1)c1ccc(F)c(F)c1. The van der Waals surface area contributed by atoms with Gasteiger partial charge in [-0.25, -0.2) is 8.78 Å². The number of aromatic nitrogens is 1. The first kappa shape index (κ1) is 16.0. The number of halogens is 2. The molecule has 1 heterocycles. The van der Waals surface area contributed by atoms with Gasteiger partial charge in [0.15, 0.2) is 24.0 Å². The molecule has 0 saturated carbocycles. The van der Waals surface area contributed by atoms with E-state index in [-0.39, 0.29) is 17.9 Å². The molecule has 2 aromatic carbocycles. The van der Waals surface area contributed by atoms with Gasteiger partial charge in [-0.2, -0.15) is 4.57 Å². The molecule has 0 bridgehead atoms. The standard InChI is InChI=1S/C20H16F2NO/c21-18-7-6-17(13-19(18)22)20(24)14-23-10-8-16(9-11-23)12-15-4-2-1-3-5-15/h1-11,13H,12,14H2/q+1. The van der Waals surface area contributed by atoms with E-state index < -0.39 is 11.6 Å². The zero-order chi connectivity index (χ0) is 16.9. The topological polar surface area (TPSA) is 20.9 Å². The molecule has 3 aromatic rings. The quantitative estimate of drug-likeness (QED) is 0.517. The predicted molar refractivity (Wildman–Crippen MR) is 86.6 cm³/mol. The van der Waals surface area contributed by atoms with Gasteiger partial charge in [-0.05, 0) is 35.7 Å². The normalized spacial score (nSPS) is 10.6. The minimum absolute atomic E-state index is 0.0800. The summed E-state index contributed by atoms with van der Waals surface area (Å²) in [7, 11) is 0. The lowest BCUT2D eigenvalue weighted by atomic mass is 10.1. The molecule has 0 atom stereocenters. The minimum Gasteiger partial charge on any atom is -0.287 e. The number of Topliss-reactive ketones (excluding diaryl/α,β-unsaturated/α-hetero) is 1. The highest BCUT2D eigenvalue weighted by Gasteiger charge is 2.14. The molecule has 0 saturated heterocycles. The fraction of sp³-hybridized carbons (Fsp3) is 0.100. The van der Waals surface area contributed by atoms with Crippen LogP contribution in [0.3, 0.4) is 0 Å². The number of nitrogens with zero attached hydrogens (tertiary/aromatic N) is 1. The van der Waals surface area contributed by atoms with Crippen LogP contribution in [0.5, 0.6) is 0 Å². The van der Waals surface area contributed by atoms with Gasteiger partial charge in [0.05, 0.1) is 0 Å². The number of hydrogen-bond acceptors (Lipinski definition) is 1. The maximum absolute atomic E-state index is 13.2. The lowest BCUT2D eigenvalue weighted by Gasteiger charge is -2.02. The number of rotatable bonds is 5. The number of hydrogen-bond donors (Lipinski definition) is 0. The highest BCUT2D eigenvalue weighted by atomic mass is 19.2. The van der Waals surface area contributed by atoms with E-state index in [1.54, 1.807) is 4.57 Å². The maximum Gasteiger partial charge on any atom is 0.227 e. The fourth-order valence-corrected chi connectivity index (χ4v) is 2.47. The van der Waals surface area contributed by atoms with Crippen LogP contribution in [0.15, 0.2) is 73.1 Å². The van der Waals surface area contributed by atoms with Crippen LogP contribution in [0, 0.1) is 11.6 Å². The summed E-state index contributed by atoms with van der Waals surface area (Å²) in [5, 5.41) is 0. The highest BCUT2D eigenvalue weighted by Crippen LogP contribution is 2.10. The first-order chi connectivity index (χ1) is 11.6. The van der Waals surface area contributed by atoms with Crippen molar-refractivity contribution in [2.24, 2.45) is 0 Å². The van der Waals surface area contributed by atoms with Gasteiger partial charge in [0.1, 0.15) is 0 Å². The molecule has 3 rings (SSSR count). The molecule has 0 unspecified atom stereocenters. The molecule has 0 aliphatic rings. The van der Waals surface area contributed by atoms with E-state index in [4.69, 9.17) is 0 Å². The van der Waals surface area contributed by atoms with Crippen molar-refractivity contribution in [3.05, 3.63) is 101 Å². The number of ketones is 1. The van der Waals surface area contributed by atoms with Crippen LogP contribution in [-0.4, -0.2) is 5.78 Å². The van der Waals surface area contributed by atoms with Gasteiger partial charge in [0.25, 0.3) is 0 Å². The molecule has 4 heteroatoms. The Morgan fingerprint density at radius 2 is 1.50 bits per heavy atom. The average Bonchev–Trinajstić information content (AvgIpc) is 2.60. The molecule has 0 radical (unpaired) electrons. The number of carbonyl (C=O) groups is 1. The summed E-state index contributed by atoms with van der Waals surface area (Å²) < 4.78 is 27.8. The molecular weight excluding hydrogens is 308 g/mol. The van der Waals surface area contributed by atoms with Crippen molar-refractivity contribution in [2.45, 2.75) is 13.0 Å². The van der Waals surface area contributed by atoms with Crippen LogP contribution in [-0.2, 0) is 13.0 Å². The Morgan fingerprint density at radius 3 is 2.17 bits per heavy atom. The van der Waals surface area contributed by atoms with Crippen LogP contribution in [0.1, 0.15) is 21.5 Å². The third kappa shape index (κ3) is 3.90.